The Labute approximate surface area is 159 Å². The maximum Gasteiger partial charge on any atom is 0.181 e. The van der Waals surface area contributed by atoms with Crippen LogP contribution in [-0.2, 0) is 9.84 Å². The summed E-state index contributed by atoms with van der Waals surface area (Å²) in [6.45, 7) is 8.64. The Morgan fingerprint density at radius 3 is 2.12 bits per heavy atom. The predicted molar refractivity (Wildman–Crippen MR) is 107 cm³/mol. The molecule has 1 saturated heterocycles. The standard InChI is InChI=1S/C21H34N2O2S/c1-4-21(26(24,25)20-11-5-17(2)6-12-20)18-7-9-19(10-8-18)23-15-13-22(3)14-16-23/h5-6,11-12,18-19,21H,4,7-10,13-16H2,1-3H3/t18?,19?,21-/m0/s1. The van der Waals surface area contributed by atoms with Crippen molar-refractivity contribution in [2.45, 2.75) is 62.1 Å². The zero-order chi connectivity index (χ0) is 18.7. The number of benzene rings is 1. The molecule has 26 heavy (non-hydrogen) atoms. The van der Waals surface area contributed by atoms with Crippen molar-refractivity contribution in [1.29, 1.82) is 0 Å². The highest BCUT2D eigenvalue weighted by Crippen LogP contribution is 2.36. The SMILES string of the molecule is CC[C@@H](C1CCC(N2CCN(C)CC2)CC1)S(=O)(=O)c1ccc(C)cc1. The van der Waals surface area contributed by atoms with E-state index in [0.29, 0.717) is 23.3 Å². The number of aryl methyl sites for hydroxylation is 1. The number of hydrogen-bond acceptors (Lipinski definition) is 4. The lowest BCUT2D eigenvalue weighted by Gasteiger charge is -2.42. The van der Waals surface area contributed by atoms with Crippen molar-refractivity contribution in [3.05, 3.63) is 29.8 Å². The van der Waals surface area contributed by atoms with Gasteiger partial charge < -0.3 is 4.90 Å². The van der Waals surface area contributed by atoms with Crippen LogP contribution in [0.15, 0.2) is 29.2 Å². The Bertz CT molecular complexity index is 670. The maximum atomic E-state index is 13.2. The fourth-order valence-corrected chi connectivity index (χ4v) is 6.82. The molecule has 5 heteroatoms. The van der Waals surface area contributed by atoms with Gasteiger partial charge >= 0.3 is 0 Å². The smallest absolute Gasteiger partial charge is 0.181 e. The Morgan fingerprint density at radius 1 is 1.00 bits per heavy atom. The van der Waals surface area contributed by atoms with Crippen LogP contribution >= 0.6 is 0 Å². The van der Waals surface area contributed by atoms with Crippen LogP contribution in [0.25, 0.3) is 0 Å². The van der Waals surface area contributed by atoms with E-state index in [1.165, 1.54) is 0 Å². The first kappa shape index (κ1) is 19.8. The Hall–Kier alpha value is -0.910. The van der Waals surface area contributed by atoms with Crippen molar-refractivity contribution >= 4 is 9.84 Å². The molecule has 4 nitrogen and oxygen atoms in total. The van der Waals surface area contributed by atoms with Gasteiger partial charge in [-0.05, 0) is 64.1 Å². The van der Waals surface area contributed by atoms with Gasteiger partial charge in [-0.3, -0.25) is 4.90 Å². The van der Waals surface area contributed by atoms with Gasteiger partial charge in [-0.25, -0.2) is 8.42 Å². The van der Waals surface area contributed by atoms with E-state index < -0.39 is 9.84 Å². The maximum absolute atomic E-state index is 13.2. The van der Waals surface area contributed by atoms with Crippen molar-refractivity contribution < 1.29 is 8.42 Å². The highest BCUT2D eigenvalue weighted by atomic mass is 32.2. The first-order valence-corrected chi connectivity index (χ1v) is 11.7. The van der Waals surface area contributed by atoms with Crippen molar-refractivity contribution in [3.8, 4) is 0 Å². The first-order valence-electron chi connectivity index (χ1n) is 10.1. The molecule has 0 radical (unpaired) electrons. The van der Waals surface area contributed by atoms with Crippen LogP contribution < -0.4 is 0 Å². The highest BCUT2D eigenvalue weighted by Gasteiger charge is 2.37. The summed E-state index contributed by atoms with van der Waals surface area (Å²) in [6, 6.07) is 8.03. The van der Waals surface area contributed by atoms with Crippen molar-refractivity contribution in [3.63, 3.8) is 0 Å². The lowest BCUT2D eigenvalue weighted by molar-refractivity contribution is 0.0805. The van der Waals surface area contributed by atoms with Gasteiger partial charge in [0, 0.05) is 32.2 Å². The molecule has 1 aromatic carbocycles. The second kappa shape index (κ2) is 8.41. The molecule has 1 aromatic rings. The van der Waals surface area contributed by atoms with Gasteiger partial charge in [0.05, 0.1) is 10.1 Å². The second-order valence-electron chi connectivity index (χ2n) is 8.21. The number of sulfone groups is 1. The monoisotopic (exact) mass is 378 g/mol. The van der Waals surface area contributed by atoms with Crippen molar-refractivity contribution in [1.82, 2.24) is 9.80 Å². The normalized spacial score (nSPS) is 27.3. The van der Waals surface area contributed by atoms with Crippen LogP contribution in [0, 0.1) is 12.8 Å². The molecule has 1 saturated carbocycles. The minimum atomic E-state index is -3.24. The van der Waals surface area contributed by atoms with E-state index in [-0.39, 0.29) is 5.25 Å². The van der Waals surface area contributed by atoms with E-state index in [4.69, 9.17) is 0 Å². The molecule has 1 heterocycles. The summed E-state index contributed by atoms with van der Waals surface area (Å²) in [4.78, 5) is 5.52. The number of likely N-dealkylation sites (N-methyl/N-ethyl adjacent to an activating group) is 1. The van der Waals surface area contributed by atoms with Gasteiger partial charge in [-0.15, -0.1) is 0 Å². The van der Waals surface area contributed by atoms with Crippen LogP contribution in [0.5, 0.6) is 0 Å². The zero-order valence-electron chi connectivity index (χ0n) is 16.5. The topological polar surface area (TPSA) is 40.6 Å². The Kier molecular flexibility index (Phi) is 6.41. The molecular weight excluding hydrogens is 344 g/mol. The van der Waals surface area contributed by atoms with E-state index in [1.807, 2.05) is 26.0 Å². The number of piperazine rings is 1. The number of rotatable bonds is 5. The number of nitrogens with zero attached hydrogens (tertiary/aromatic N) is 2. The summed E-state index contributed by atoms with van der Waals surface area (Å²) in [6.07, 6.45) is 5.09. The molecule has 1 aliphatic carbocycles. The van der Waals surface area contributed by atoms with Crippen molar-refractivity contribution in [2.24, 2.45) is 5.92 Å². The van der Waals surface area contributed by atoms with Gasteiger partial charge in [0.2, 0.25) is 0 Å². The third kappa shape index (κ3) is 4.32. The van der Waals surface area contributed by atoms with Gasteiger partial charge in [-0.2, -0.15) is 0 Å². The molecule has 1 aliphatic heterocycles. The van der Waals surface area contributed by atoms with Gasteiger partial charge in [0.1, 0.15) is 0 Å². The van der Waals surface area contributed by atoms with E-state index >= 15 is 0 Å². The summed E-state index contributed by atoms with van der Waals surface area (Å²) in [7, 11) is -1.05. The Balaban J connectivity index is 1.64. The van der Waals surface area contributed by atoms with Crippen LogP contribution in [-0.4, -0.2) is 62.7 Å². The van der Waals surface area contributed by atoms with Gasteiger partial charge in [0.15, 0.2) is 9.84 Å². The van der Waals surface area contributed by atoms with Crippen LogP contribution in [0.2, 0.25) is 0 Å². The summed E-state index contributed by atoms with van der Waals surface area (Å²) in [5, 5.41) is -0.237. The molecule has 0 aromatic heterocycles. The summed E-state index contributed by atoms with van der Waals surface area (Å²) in [5.41, 5.74) is 1.10. The molecule has 1 atom stereocenters. The highest BCUT2D eigenvalue weighted by molar-refractivity contribution is 7.92. The minimum absolute atomic E-state index is 0.237. The van der Waals surface area contributed by atoms with E-state index in [9.17, 15) is 8.42 Å². The molecule has 0 amide bonds. The molecule has 2 fully saturated rings. The fourth-order valence-electron chi connectivity index (χ4n) is 4.73. The molecule has 3 rings (SSSR count). The fraction of sp³-hybridized carbons (Fsp3) is 0.714. The predicted octanol–water partition coefficient (Wildman–Crippen LogP) is 3.35. The molecule has 0 spiro atoms. The second-order valence-corrected chi connectivity index (χ2v) is 10.4. The van der Waals surface area contributed by atoms with Crippen LogP contribution in [0.4, 0.5) is 0 Å². The molecule has 2 aliphatic rings. The third-order valence-corrected chi connectivity index (χ3v) is 8.92. The van der Waals surface area contributed by atoms with E-state index in [1.54, 1.807) is 12.1 Å². The van der Waals surface area contributed by atoms with Crippen LogP contribution in [0.1, 0.15) is 44.6 Å². The average Bonchev–Trinajstić information content (AvgIpc) is 2.64. The minimum Gasteiger partial charge on any atom is -0.304 e. The summed E-state index contributed by atoms with van der Waals surface area (Å²) < 4.78 is 26.4. The number of hydrogen-bond donors (Lipinski definition) is 0. The van der Waals surface area contributed by atoms with E-state index in [2.05, 4.69) is 16.8 Å². The lowest BCUT2D eigenvalue weighted by atomic mass is 9.82. The molecule has 0 N–H and O–H groups in total. The molecule has 0 unspecified atom stereocenters. The van der Waals surface area contributed by atoms with Crippen LogP contribution in [0.3, 0.4) is 0 Å². The zero-order valence-corrected chi connectivity index (χ0v) is 17.3. The molecular formula is C21H34N2O2S. The van der Waals surface area contributed by atoms with Gasteiger partial charge in [0.25, 0.3) is 0 Å². The molecule has 146 valence electrons. The molecule has 0 bridgehead atoms. The lowest BCUT2D eigenvalue weighted by Crippen LogP contribution is -2.50. The summed E-state index contributed by atoms with van der Waals surface area (Å²) in [5.74, 6) is 0.301. The first-order chi connectivity index (χ1) is 12.4. The summed E-state index contributed by atoms with van der Waals surface area (Å²) >= 11 is 0. The largest absolute Gasteiger partial charge is 0.304 e. The van der Waals surface area contributed by atoms with Gasteiger partial charge in [-0.1, -0.05) is 24.6 Å². The van der Waals surface area contributed by atoms with E-state index in [0.717, 1.165) is 57.4 Å². The Morgan fingerprint density at radius 2 is 1.58 bits per heavy atom. The average molecular weight is 379 g/mol. The quantitative estimate of drug-likeness (QED) is 0.788. The third-order valence-electron chi connectivity index (χ3n) is 6.47. The van der Waals surface area contributed by atoms with Crippen molar-refractivity contribution in [2.75, 3.05) is 33.2 Å².